The Morgan fingerprint density at radius 1 is 1.15 bits per heavy atom. The lowest BCUT2D eigenvalue weighted by molar-refractivity contribution is -0.123. The molecule has 8 heteroatoms. The summed E-state index contributed by atoms with van der Waals surface area (Å²) in [6.45, 7) is 6.69. The van der Waals surface area contributed by atoms with Crippen molar-refractivity contribution in [3.63, 3.8) is 0 Å². The molecule has 0 bridgehead atoms. The lowest BCUT2D eigenvalue weighted by Crippen LogP contribution is -2.45. The number of ether oxygens (including phenoxy) is 1. The maximum absolute atomic E-state index is 13.4. The largest absolute Gasteiger partial charge is 0.380 e. The molecular weight excluding hydrogens is 438 g/mol. The summed E-state index contributed by atoms with van der Waals surface area (Å²) < 4.78 is 32.4. The van der Waals surface area contributed by atoms with Crippen LogP contribution < -0.4 is 16.0 Å². The molecule has 7 nitrogen and oxygen atoms in total. The molecule has 1 aliphatic carbocycles. The molecule has 2 heterocycles. The molecular formula is C25H39N3O4S. The van der Waals surface area contributed by atoms with Gasteiger partial charge in [0.2, 0.25) is 5.91 Å². The molecule has 6 atom stereocenters. The van der Waals surface area contributed by atoms with Crippen molar-refractivity contribution in [3.8, 4) is 0 Å². The van der Waals surface area contributed by atoms with E-state index in [4.69, 9.17) is 4.74 Å². The number of hydrogen-bond acceptors (Lipinski definition) is 6. The number of fused-ring (bicyclic) bond motifs is 1. The fourth-order valence-corrected chi connectivity index (χ4v) is 7.83. The second-order valence-corrected chi connectivity index (χ2v) is 12.5. The summed E-state index contributed by atoms with van der Waals surface area (Å²) in [7, 11) is -1.88. The van der Waals surface area contributed by atoms with Crippen molar-refractivity contribution >= 4 is 15.7 Å². The van der Waals surface area contributed by atoms with E-state index in [1.165, 1.54) is 0 Å². The van der Waals surface area contributed by atoms with E-state index in [1.54, 1.807) is 19.2 Å². The first-order valence-electron chi connectivity index (χ1n) is 12.4. The highest BCUT2D eigenvalue weighted by Gasteiger charge is 2.41. The summed E-state index contributed by atoms with van der Waals surface area (Å²) in [5.74, 6) is 1.39. The highest BCUT2D eigenvalue weighted by molar-refractivity contribution is 7.92. The molecule has 4 rings (SSSR count). The first kappa shape index (κ1) is 24.6. The zero-order valence-electron chi connectivity index (χ0n) is 20.0. The van der Waals surface area contributed by atoms with Gasteiger partial charge in [0.1, 0.15) is 0 Å². The van der Waals surface area contributed by atoms with E-state index < -0.39 is 15.1 Å². The van der Waals surface area contributed by atoms with Crippen LogP contribution in [0.3, 0.4) is 0 Å². The van der Waals surface area contributed by atoms with Crippen molar-refractivity contribution in [2.45, 2.75) is 80.8 Å². The van der Waals surface area contributed by atoms with Gasteiger partial charge in [-0.1, -0.05) is 26.0 Å². The second kappa shape index (κ2) is 10.4. The van der Waals surface area contributed by atoms with E-state index in [9.17, 15) is 13.2 Å². The Morgan fingerprint density at radius 2 is 1.91 bits per heavy atom. The van der Waals surface area contributed by atoms with E-state index in [1.807, 2.05) is 12.1 Å². The second-order valence-electron chi connectivity index (χ2n) is 10.4. The SMILES string of the molecule is COC1CCC(C(C)C)CC1S(=O)(=O)c1ccc(CNC(=O)C2CC3CNCCC3N2)cc1. The number of carbonyl (C=O) groups excluding carboxylic acids is 1. The van der Waals surface area contributed by atoms with Crippen LogP contribution in [0.2, 0.25) is 0 Å². The number of benzene rings is 1. The van der Waals surface area contributed by atoms with Crippen molar-refractivity contribution in [1.29, 1.82) is 0 Å². The Balaban J connectivity index is 1.36. The van der Waals surface area contributed by atoms with Crippen LogP contribution in [-0.2, 0) is 25.9 Å². The summed E-state index contributed by atoms with van der Waals surface area (Å²) in [6.07, 6.45) is 4.09. The molecule has 2 saturated heterocycles. The summed E-state index contributed by atoms with van der Waals surface area (Å²) in [5, 5.41) is 9.37. The molecule has 1 amide bonds. The van der Waals surface area contributed by atoms with Crippen LogP contribution in [0.15, 0.2) is 29.2 Å². The van der Waals surface area contributed by atoms with Gasteiger partial charge < -0.3 is 20.7 Å². The van der Waals surface area contributed by atoms with Gasteiger partial charge in [0.05, 0.1) is 22.3 Å². The van der Waals surface area contributed by atoms with Crippen LogP contribution in [0.4, 0.5) is 0 Å². The van der Waals surface area contributed by atoms with Gasteiger partial charge in [0.15, 0.2) is 9.84 Å². The number of hydrogen-bond donors (Lipinski definition) is 3. The van der Waals surface area contributed by atoms with Crippen molar-refractivity contribution in [1.82, 2.24) is 16.0 Å². The smallest absolute Gasteiger partial charge is 0.237 e. The third-order valence-corrected chi connectivity index (χ3v) is 10.2. The van der Waals surface area contributed by atoms with Gasteiger partial charge in [-0.15, -0.1) is 0 Å². The lowest BCUT2D eigenvalue weighted by Gasteiger charge is -2.36. The van der Waals surface area contributed by atoms with Gasteiger partial charge in [-0.25, -0.2) is 8.42 Å². The number of methoxy groups -OCH3 is 1. The van der Waals surface area contributed by atoms with Crippen LogP contribution in [-0.4, -0.2) is 58.0 Å². The van der Waals surface area contributed by atoms with E-state index in [0.29, 0.717) is 41.7 Å². The fourth-order valence-electron chi connectivity index (χ4n) is 5.82. The normalized spacial score (nSPS) is 32.5. The number of rotatable bonds is 7. The van der Waals surface area contributed by atoms with Gasteiger partial charge in [0.25, 0.3) is 0 Å². The van der Waals surface area contributed by atoms with Crippen LogP contribution in [0, 0.1) is 17.8 Å². The van der Waals surface area contributed by atoms with Crippen molar-refractivity contribution < 1.29 is 17.9 Å². The molecule has 33 heavy (non-hydrogen) atoms. The first-order chi connectivity index (χ1) is 15.8. The van der Waals surface area contributed by atoms with E-state index in [0.717, 1.165) is 44.3 Å². The summed E-state index contributed by atoms with van der Waals surface area (Å²) in [5.41, 5.74) is 0.895. The average molecular weight is 478 g/mol. The van der Waals surface area contributed by atoms with Crippen LogP contribution in [0.1, 0.15) is 51.5 Å². The maximum atomic E-state index is 13.4. The molecule has 0 aromatic heterocycles. The molecule has 0 spiro atoms. The van der Waals surface area contributed by atoms with Gasteiger partial charge in [-0.2, -0.15) is 0 Å². The molecule has 3 N–H and O–H groups in total. The number of sulfone groups is 1. The predicted octanol–water partition coefficient (Wildman–Crippen LogP) is 2.26. The Bertz CT molecular complexity index is 904. The summed E-state index contributed by atoms with van der Waals surface area (Å²) in [6, 6.07) is 7.25. The van der Waals surface area contributed by atoms with Crippen molar-refractivity contribution in [2.75, 3.05) is 20.2 Å². The Hall–Kier alpha value is -1.48. The summed E-state index contributed by atoms with van der Waals surface area (Å²) >= 11 is 0. The highest BCUT2D eigenvalue weighted by Crippen LogP contribution is 2.37. The Kier molecular flexibility index (Phi) is 7.78. The average Bonchev–Trinajstić information content (AvgIpc) is 3.27. The minimum absolute atomic E-state index is 0.0194. The number of piperidine rings is 1. The van der Waals surface area contributed by atoms with Gasteiger partial charge in [0, 0.05) is 19.7 Å². The van der Waals surface area contributed by atoms with Gasteiger partial charge in [-0.3, -0.25) is 4.79 Å². The van der Waals surface area contributed by atoms with E-state index in [-0.39, 0.29) is 18.1 Å². The molecule has 1 aromatic rings. The third-order valence-electron chi connectivity index (χ3n) is 8.01. The third kappa shape index (κ3) is 5.45. The molecule has 1 saturated carbocycles. The van der Waals surface area contributed by atoms with Crippen molar-refractivity contribution in [3.05, 3.63) is 29.8 Å². The molecule has 3 fully saturated rings. The predicted molar refractivity (Wildman–Crippen MR) is 129 cm³/mol. The van der Waals surface area contributed by atoms with Crippen LogP contribution in [0.5, 0.6) is 0 Å². The minimum Gasteiger partial charge on any atom is -0.380 e. The van der Waals surface area contributed by atoms with E-state index >= 15 is 0 Å². The number of nitrogens with one attached hydrogen (secondary N) is 3. The maximum Gasteiger partial charge on any atom is 0.237 e. The van der Waals surface area contributed by atoms with Crippen LogP contribution in [0.25, 0.3) is 0 Å². The zero-order valence-corrected chi connectivity index (χ0v) is 20.9. The molecule has 2 aliphatic heterocycles. The number of amides is 1. The molecule has 3 aliphatic rings. The molecule has 0 radical (unpaired) electrons. The first-order valence-corrected chi connectivity index (χ1v) is 13.9. The number of carbonyl (C=O) groups is 1. The topological polar surface area (TPSA) is 96.5 Å². The quantitative estimate of drug-likeness (QED) is 0.558. The van der Waals surface area contributed by atoms with Crippen LogP contribution >= 0.6 is 0 Å². The van der Waals surface area contributed by atoms with E-state index in [2.05, 4.69) is 29.8 Å². The Labute approximate surface area is 198 Å². The molecule has 1 aromatic carbocycles. The minimum atomic E-state index is -3.49. The highest BCUT2D eigenvalue weighted by atomic mass is 32.2. The van der Waals surface area contributed by atoms with Gasteiger partial charge in [-0.05, 0) is 80.6 Å². The molecule has 6 unspecified atom stereocenters. The Morgan fingerprint density at radius 3 is 2.58 bits per heavy atom. The monoisotopic (exact) mass is 477 g/mol. The lowest BCUT2D eigenvalue weighted by atomic mass is 9.80. The van der Waals surface area contributed by atoms with Gasteiger partial charge >= 0.3 is 0 Å². The molecule has 184 valence electrons. The summed E-state index contributed by atoms with van der Waals surface area (Å²) in [4.78, 5) is 13.0. The standard InChI is InChI=1S/C25H39N3O4S/c1-16(2)18-6-9-23(32-3)24(13-18)33(30,31)20-7-4-17(5-8-20)14-27-25(29)22-12-19-15-26-11-10-21(19)28-22/h4-5,7-8,16,18-19,21-24,26,28H,6,9-15H2,1-3H3,(H,27,29). The zero-order chi connectivity index (χ0) is 23.6. The van der Waals surface area contributed by atoms with Crippen molar-refractivity contribution in [2.24, 2.45) is 17.8 Å². The fraction of sp³-hybridized carbons (Fsp3) is 0.720.